The molecular formula is C36H28N2. The van der Waals surface area contributed by atoms with Crippen LogP contribution in [0, 0.1) is 0 Å². The molecule has 1 aliphatic rings. The molecule has 0 amide bonds. The third-order valence-electron chi connectivity index (χ3n) is 7.74. The molecule has 0 N–H and O–H groups in total. The Morgan fingerprint density at radius 3 is 1.74 bits per heavy atom. The molecule has 4 aromatic carbocycles. The van der Waals surface area contributed by atoms with Gasteiger partial charge in [0.15, 0.2) is 0 Å². The van der Waals surface area contributed by atoms with E-state index in [0.717, 1.165) is 35.3 Å². The molecule has 38 heavy (non-hydrogen) atoms. The smallest absolute Gasteiger partial charge is 0.0541 e. The molecule has 0 bridgehead atoms. The van der Waals surface area contributed by atoms with Crippen molar-refractivity contribution in [3.8, 4) is 22.5 Å². The van der Waals surface area contributed by atoms with Crippen molar-refractivity contribution >= 4 is 46.1 Å². The van der Waals surface area contributed by atoms with Crippen molar-refractivity contribution in [3.63, 3.8) is 0 Å². The summed E-state index contributed by atoms with van der Waals surface area (Å²) in [6, 6.07) is 34.9. The summed E-state index contributed by atoms with van der Waals surface area (Å²) in [7, 11) is 0. The van der Waals surface area contributed by atoms with Crippen LogP contribution in [0.2, 0.25) is 0 Å². The Morgan fingerprint density at radius 2 is 1.11 bits per heavy atom. The molecule has 2 aromatic heterocycles. The van der Waals surface area contributed by atoms with Crippen LogP contribution in [-0.4, -0.2) is 9.13 Å². The zero-order valence-electron chi connectivity index (χ0n) is 21.3. The van der Waals surface area contributed by atoms with Crippen LogP contribution in [0.1, 0.15) is 24.1 Å². The highest BCUT2D eigenvalue weighted by Gasteiger charge is 2.15. The van der Waals surface area contributed by atoms with Crippen LogP contribution in [0.3, 0.4) is 0 Å². The van der Waals surface area contributed by atoms with E-state index in [1.807, 2.05) is 12.2 Å². The first kappa shape index (κ1) is 22.4. The second-order valence-corrected chi connectivity index (χ2v) is 9.79. The number of benzene rings is 4. The minimum atomic E-state index is 1.06. The van der Waals surface area contributed by atoms with Gasteiger partial charge in [0.2, 0.25) is 0 Å². The molecular weight excluding hydrogens is 460 g/mol. The van der Waals surface area contributed by atoms with Gasteiger partial charge in [0.1, 0.15) is 0 Å². The average Bonchev–Trinajstić information content (AvgIpc) is 3.50. The zero-order chi connectivity index (χ0) is 25.6. The predicted molar refractivity (Wildman–Crippen MR) is 163 cm³/mol. The lowest BCUT2D eigenvalue weighted by molar-refractivity contribution is 1.02. The molecule has 6 aromatic rings. The Kier molecular flexibility index (Phi) is 5.26. The molecule has 0 aliphatic heterocycles. The summed E-state index contributed by atoms with van der Waals surface area (Å²) in [6.45, 7) is 8.14. The van der Waals surface area contributed by atoms with Gasteiger partial charge in [-0.2, -0.15) is 0 Å². The van der Waals surface area contributed by atoms with Crippen molar-refractivity contribution in [2.75, 3.05) is 0 Å². The van der Waals surface area contributed by atoms with Gasteiger partial charge in [0.05, 0.1) is 16.7 Å². The van der Waals surface area contributed by atoms with Gasteiger partial charge < -0.3 is 9.13 Å². The highest BCUT2D eigenvalue weighted by molar-refractivity contribution is 5.95. The van der Waals surface area contributed by atoms with Crippen molar-refractivity contribution in [1.82, 2.24) is 9.13 Å². The van der Waals surface area contributed by atoms with Gasteiger partial charge >= 0.3 is 0 Å². The number of hydrogen-bond acceptors (Lipinski definition) is 0. The Bertz CT molecular complexity index is 1980. The summed E-state index contributed by atoms with van der Waals surface area (Å²) in [4.78, 5) is 0. The molecule has 1 aliphatic carbocycles. The largest absolute Gasteiger partial charge is 0.310 e. The molecule has 0 saturated carbocycles. The van der Waals surface area contributed by atoms with Crippen LogP contribution in [0.4, 0.5) is 0 Å². The van der Waals surface area contributed by atoms with E-state index in [2.05, 4.69) is 132 Å². The fraction of sp³-hybridized carbons (Fsp3) is 0.0556. The van der Waals surface area contributed by atoms with Crippen molar-refractivity contribution in [2.24, 2.45) is 0 Å². The first-order valence-electron chi connectivity index (χ1n) is 13.2. The number of hydrogen-bond donors (Lipinski definition) is 0. The molecule has 0 radical (unpaired) electrons. The van der Waals surface area contributed by atoms with E-state index in [-0.39, 0.29) is 0 Å². The number of fused-ring (bicyclic) bond motifs is 4. The highest BCUT2D eigenvalue weighted by atomic mass is 15.0. The number of aromatic nitrogens is 2. The van der Waals surface area contributed by atoms with Crippen LogP contribution in [0.25, 0.3) is 68.6 Å². The molecule has 0 unspecified atom stereocenters. The molecule has 0 saturated heterocycles. The molecule has 0 atom stereocenters. The lowest BCUT2D eigenvalue weighted by Gasteiger charge is -2.12. The monoisotopic (exact) mass is 488 g/mol. The van der Waals surface area contributed by atoms with E-state index in [1.165, 1.54) is 43.7 Å². The molecule has 2 nitrogen and oxygen atoms in total. The van der Waals surface area contributed by atoms with E-state index in [4.69, 9.17) is 0 Å². The minimum Gasteiger partial charge on any atom is -0.310 e. The molecule has 2 heteroatoms. The molecule has 182 valence electrons. The van der Waals surface area contributed by atoms with Crippen LogP contribution in [0.15, 0.2) is 110 Å². The Labute approximate surface area is 222 Å². The van der Waals surface area contributed by atoms with Crippen LogP contribution >= 0.6 is 0 Å². The maximum Gasteiger partial charge on any atom is 0.0541 e. The van der Waals surface area contributed by atoms with Gasteiger partial charge in [-0.1, -0.05) is 92.0 Å². The molecule has 0 fully saturated rings. The second kappa shape index (κ2) is 8.93. The van der Waals surface area contributed by atoms with Gasteiger partial charge in [-0.3, -0.25) is 0 Å². The maximum atomic E-state index is 4.09. The first-order valence-corrected chi connectivity index (χ1v) is 13.2. The summed E-state index contributed by atoms with van der Waals surface area (Å²) >= 11 is 0. The second-order valence-electron chi connectivity index (χ2n) is 9.79. The Balaban J connectivity index is 1.28. The van der Waals surface area contributed by atoms with E-state index in [0.29, 0.717) is 0 Å². The van der Waals surface area contributed by atoms with Crippen molar-refractivity contribution < 1.29 is 0 Å². The fourth-order valence-corrected chi connectivity index (χ4v) is 6.01. The van der Waals surface area contributed by atoms with E-state index >= 15 is 0 Å². The third-order valence-corrected chi connectivity index (χ3v) is 7.74. The first-order chi connectivity index (χ1) is 18.8. The SMILES string of the molecule is C=Cc1c(C=C)n(-c2ccc(-c3ccc(-n4c5c(c6ccccc64)=CCCC=5)cc3)cc2)c2ccccc12. The van der Waals surface area contributed by atoms with Crippen LogP contribution < -0.4 is 10.6 Å². The van der Waals surface area contributed by atoms with Gasteiger partial charge in [0.25, 0.3) is 0 Å². The van der Waals surface area contributed by atoms with Crippen molar-refractivity contribution in [2.45, 2.75) is 12.8 Å². The lowest BCUT2D eigenvalue weighted by atomic mass is 10.0. The zero-order valence-corrected chi connectivity index (χ0v) is 21.3. The van der Waals surface area contributed by atoms with E-state index in [1.54, 1.807) is 0 Å². The average molecular weight is 489 g/mol. The van der Waals surface area contributed by atoms with Gasteiger partial charge in [-0.05, 0) is 66.4 Å². The standard InChI is InChI=1S/C36H28N2/c1-3-29-30-11-5-8-14-34(30)37(33(29)4-2)27-21-17-25(18-22-27)26-19-23-28(24-20-26)38-35-15-9-6-12-31(35)32-13-7-10-16-36(32)38/h3-6,8-9,11-24H,1-2,7,10H2. The topological polar surface area (TPSA) is 9.86 Å². The van der Waals surface area contributed by atoms with Gasteiger partial charge in [0, 0.05) is 38.3 Å². The Hall–Kier alpha value is -4.82. The minimum absolute atomic E-state index is 1.06. The summed E-state index contributed by atoms with van der Waals surface area (Å²) in [5.74, 6) is 0. The summed E-state index contributed by atoms with van der Waals surface area (Å²) in [6.07, 6.45) is 10.8. The number of rotatable bonds is 5. The molecule has 2 heterocycles. The summed E-state index contributed by atoms with van der Waals surface area (Å²) < 4.78 is 4.67. The fourth-order valence-electron chi connectivity index (χ4n) is 6.01. The number of para-hydroxylation sites is 2. The molecule has 0 spiro atoms. The lowest BCUT2D eigenvalue weighted by Crippen LogP contribution is -2.30. The summed E-state index contributed by atoms with van der Waals surface area (Å²) in [5, 5.41) is 5.19. The van der Waals surface area contributed by atoms with Gasteiger partial charge in [-0.15, -0.1) is 0 Å². The molecule has 7 rings (SSSR count). The summed E-state index contributed by atoms with van der Waals surface area (Å²) in [5.41, 5.74) is 9.31. The van der Waals surface area contributed by atoms with Crippen LogP contribution in [-0.2, 0) is 0 Å². The van der Waals surface area contributed by atoms with Crippen molar-refractivity contribution in [3.05, 3.63) is 132 Å². The third kappa shape index (κ3) is 3.34. The number of nitrogens with zero attached hydrogens (tertiary/aromatic N) is 2. The maximum absolute atomic E-state index is 4.09. The quantitative estimate of drug-likeness (QED) is 0.234. The Morgan fingerprint density at radius 1 is 0.553 bits per heavy atom. The normalized spacial score (nSPS) is 12.6. The van der Waals surface area contributed by atoms with E-state index in [9.17, 15) is 0 Å². The van der Waals surface area contributed by atoms with E-state index < -0.39 is 0 Å². The predicted octanol–water partition coefficient (Wildman–Crippen LogP) is 7.88. The van der Waals surface area contributed by atoms with Crippen molar-refractivity contribution in [1.29, 1.82) is 0 Å². The van der Waals surface area contributed by atoms with Gasteiger partial charge in [-0.25, -0.2) is 0 Å². The highest BCUT2D eigenvalue weighted by Crippen LogP contribution is 2.32. The van der Waals surface area contributed by atoms with Crippen LogP contribution in [0.5, 0.6) is 0 Å².